The molecule has 2 amide bonds. The molecule has 1 aliphatic rings. The van der Waals surface area contributed by atoms with Crippen molar-refractivity contribution in [1.29, 1.82) is 0 Å². The average Bonchev–Trinajstić information content (AvgIpc) is 2.47. The summed E-state index contributed by atoms with van der Waals surface area (Å²) in [7, 11) is 0. The summed E-state index contributed by atoms with van der Waals surface area (Å²) in [4.78, 5) is 26.7. The Labute approximate surface area is 148 Å². The Hall–Kier alpha value is -1.59. The Morgan fingerprint density at radius 3 is 2.71 bits per heavy atom. The molecule has 0 aromatic heterocycles. The van der Waals surface area contributed by atoms with Crippen LogP contribution in [0.25, 0.3) is 0 Å². The first kappa shape index (κ1) is 18.7. The minimum atomic E-state index is -0.0964. The number of hydrogen-bond acceptors (Lipinski definition) is 3. The number of piperazine rings is 1. The number of rotatable bonds is 3. The van der Waals surface area contributed by atoms with Gasteiger partial charge in [-0.25, -0.2) is 0 Å². The lowest BCUT2D eigenvalue weighted by Crippen LogP contribution is -2.52. The van der Waals surface area contributed by atoms with Crippen LogP contribution in [-0.4, -0.2) is 42.4 Å². The third-order valence-corrected chi connectivity index (χ3v) is 4.26. The SMILES string of the molecule is C[C@H]1CNCCN1C(=O)c1cc(NC(=O)CC(C)(C)C)ccc1Cl. The molecule has 132 valence electrons. The van der Waals surface area contributed by atoms with Crippen LogP contribution in [-0.2, 0) is 4.79 Å². The van der Waals surface area contributed by atoms with Gasteiger partial charge >= 0.3 is 0 Å². The second-order valence-electron chi connectivity index (χ2n) is 7.53. The van der Waals surface area contributed by atoms with E-state index in [1.165, 1.54) is 0 Å². The molecule has 5 nitrogen and oxygen atoms in total. The van der Waals surface area contributed by atoms with Crippen molar-refractivity contribution in [2.75, 3.05) is 25.0 Å². The van der Waals surface area contributed by atoms with E-state index >= 15 is 0 Å². The van der Waals surface area contributed by atoms with Crippen LogP contribution in [0.3, 0.4) is 0 Å². The normalized spacial score (nSPS) is 18.4. The first-order valence-electron chi connectivity index (χ1n) is 8.28. The van der Waals surface area contributed by atoms with Gasteiger partial charge in [0.2, 0.25) is 5.91 Å². The van der Waals surface area contributed by atoms with Gasteiger partial charge in [0.25, 0.3) is 5.91 Å². The average molecular weight is 352 g/mol. The largest absolute Gasteiger partial charge is 0.333 e. The number of halogens is 1. The zero-order valence-corrected chi connectivity index (χ0v) is 15.5. The third kappa shape index (κ3) is 4.95. The van der Waals surface area contributed by atoms with E-state index in [2.05, 4.69) is 10.6 Å². The lowest BCUT2D eigenvalue weighted by atomic mass is 9.92. The maximum absolute atomic E-state index is 12.8. The molecule has 0 unspecified atom stereocenters. The maximum Gasteiger partial charge on any atom is 0.255 e. The van der Waals surface area contributed by atoms with Gasteiger partial charge in [0.15, 0.2) is 0 Å². The summed E-state index contributed by atoms with van der Waals surface area (Å²) >= 11 is 6.23. The number of nitrogens with one attached hydrogen (secondary N) is 2. The molecule has 24 heavy (non-hydrogen) atoms. The quantitative estimate of drug-likeness (QED) is 0.879. The molecule has 2 N–H and O–H groups in total. The van der Waals surface area contributed by atoms with Crippen molar-refractivity contribution in [2.24, 2.45) is 5.41 Å². The Balaban J connectivity index is 2.16. The van der Waals surface area contributed by atoms with E-state index < -0.39 is 0 Å². The summed E-state index contributed by atoms with van der Waals surface area (Å²) in [6.07, 6.45) is 0.410. The van der Waals surface area contributed by atoms with Crippen LogP contribution in [0.4, 0.5) is 5.69 Å². The van der Waals surface area contributed by atoms with Crippen LogP contribution >= 0.6 is 11.6 Å². The molecule has 0 aliphatic carbocycles. The molecule has 6 heteroatoms. The highest BCUT2D eigenvalue weighted by Crippen LogP contribution is 2.25. The fraction of sp³-hybridized carbons (Fsp3) is 0.556. The van der Waals surface area contributed by atoms with Crippen molar-refractivity contribution in [3.05, 3.63) is 28.8 Å². The molecule has 1 aromatic rings. The van der Waals surface area contributed by atoms with Crippen LogP contribution in [0.1, 0.15) is 44.5 Å². The lowest BCUT2D eigenvalue weighted by Gasteiger charge is -2.34. The van der Waals surface area contributed by atoms with Crippen LogP contribution in [0.15, 0.2) is 18.2 Å². The van der Waals surface area contributed by atoms with Gasteiger partial charge in [-0.05, 0) is 30.5 Å². The van der Waals surface area contributed by atoms with Crippen LogP contribution in [0.5, 0.6) is 0 Å². The molecule has 1 saturated heterocycles. The van der Waals surface area contributed by atoms with Gasteiger partial charge in [0, 0.05) is 37.8 Å². The Bertz CT molecular complexity index is 625. The van der Waals surface area contributed by atoms with E-state index in [4.69, 9.17) is 11.6 Å². The Kier molecular flexibility index (Phi) is 5.88. The van der Waals surface area contributed by atoms with Crippen LogP contribution < -0.4 is 10.6 Å². The zero-order chi connectivity index (χ0) is 17.9. The van der Waals surface area contributed by atoms with E-state index in [0.29, 0.717) is 29.2 Å². The second kappa shape index (κ2) is 7.53. The lowest BCUT2D eigenvalue weighted by molar-refractivity contribution is -0.117. The summed E-state index contributed by atoms with van der Waals surface area (Å²) in [5.74, 6) is -0.167. The molecule has 1 fully saturated rings. The molecule has 0 bridgehead atoms. The van der Waals surface area contributed by atoms with E-state index in [-0.39, 0.29) is 23.3 Å². The monoisotopic (exact) mass is 351 g/mol. The summed E-state index contributed by atoms with van der Waals surface area (Å²) in [6, 6.07) is 5.16. The standard InChI is InChI=1S/C18H26ClN3O2/c1-12-11-20-7-8-22(12)17(24)14-9-13(5-6-15(14)19)21-16(23)10-18(2,3)4/h5-6,9,12,20H,7-8,10-11H2,1-4H3,(H,21,23)/t12-/m0/s1. The predicted molar refractivity (Wildman–Crippen MR) is 97.5 cm³/mol. The number of amides is 2. The highest BCUT2D eigenvalue weighted by Gasteiger charge is 2.26. The molecule has 0 radical (unpaired) electrons. The summed E-state index contributed by atoms with van der Waals surface area (Å²) in [5.41, 5.74) is 0.935. The topological polar surface area (TPSA) is 61.4 Å². The molecule has 1 heterocycles. The van der Waals surface area contributed by atoms with Gasteiger partial charge in [-0.1, -0.05) is 32.4 Å². The van der Waals surface area contributed by atoms with E-state index in [1.54, 1.807) is 18.2 Å². The predicted octanol–water partition coefficient (Wildman–Crippen LogP) is 3.15. The van der Waals surface area contributed by atoms with Gasteiger partial charge in [-0.3, -0.25) is 9.59 Å². The van der Waals surface area contributed by atoms with E-state index in [9.17, 15) is 9.59 Å². The molecule has 0 spiro atoms. The van der Waals surface area contributed by atoms with Crippen molar-refractivity contribution in [3.63, 3.8) is 0 Å². The molecule has 0 saturated carbocycles. The van der Waals surface area contributed by atoms with Gasteiger partial charge in [-0.15, -0.1) is 0 Å². The minimum Gasteiger partial charge on any atom is -0.333 e. The number of benzene rings is 1. The molecular weight excluding hydrogens is 326 g/mol. The fourth-order valence-corrected chi connectivity index (χ4v) is 2.95. The highest BCUT2D eigenvalue weighted by atomic mass is 35.5. The smallest absolute Gasteiger partial charge is 0.255 e. The van der Waals surface area contributed by atoms with Crippen molar-refractivity contribution in [1.82, 2.24) is 10.2 Å². The van der Waals surface area contributed by atoms with Gasteiger partial charge in [0.1, 0.15) is 0 Å². The van der Waals surface area contributed by atoms with Crippen molar-refractivity contribution < 1.29 is 9.59 Å². The highest BCUT2D eigenvalue weighted by molar-refractivity contribution is 6.34. The summed E-state index contributed by atoms with van der Waals surface area (Å²) in [6.45, 7) is 10.2. The molecule has 1 aromatic carbocycles. The fourth-order valence-electron chi connectivity index (χ4n) is 2.75. The summed E-state index contributed by atoms with van der Waals surface area (Å²) < 4.78 is 0. The zero-order valence-electron chi connectivity index (χ0n) is 14.8. The molecule has 2 rings (SSSR count). The van der Waals surface area contributed by atoms with E-state index in [0.717, 1.165) is 13.1 Å². The number of carbonyl (C=O) groups is 2. The van der Waals surface area contributed by atoms with E-state index in [1.807, 2.05) is 32.6 Å². The first-order chi connectivity index (χ1) is 11.2. The molecule has 1 aliphatic heterocycles. The van der Waals surface area contributed by atoms with Gasteiger partial charge in [0.05, 0.1) is 10.6 Å². The van der Waals surface area contributed by atoms with Crippen molar-refractivity contribution in [2.45, 2.75) is 40.2 Å². The van der Waals surface area contributed by atoms with Crippen molar-refractivity contribution in [3.8, 4) is 0 Å². The Morgan fingerprint density at radius 2 is 2.08 bits per heavy atom. The number of carbonyl (C=O) groups excluding carboxylic acids is 2. The minimum absolute atomic E-state index is 0.0706. The van der Waals surface area contributed by atoms with Gasteiger partial charge in [-0.2, -0.15) is 0 Å². The third-order valence-electron chi connectivity index (χ3n) is 3.93. The van der Waals surface area contributed by atoms with Crippen LogP contribution in [0, 0.1) is 5.41 Å². The molecule has 1 atom stereocenters. The number of hydrogen-bond donors (Lipinski definition) is 2. The Morgan fingerprint density at radius 1 is 1.38 bits per heavy atom. The van der Waals surface area contributed by atoms with Gasteiger partial charge < -0.3 is 15.5 Å². The molecular formula is C18H26ClN3O2. The first-order valence-corrected chi connectivity index (χ1v) is 8.66. The number of anilines is 1. The maximum atomic E-state index is 12.8. The second-order valence-corrected chi connectivity index (χ2v) is 7.94. The van der Waals surface area contributed by atoms with Crippen LogP contribution in [0.2, 0.25) is 5.02 Å². The number of nitrogens with zero attached hydrogens (tertiary/aromatic N) is 1. The van der Waals surface area contributed by atoms with Crippen molar-refractivity contribution >= 4 is 29.1 Å². The summed E-state index contributed by atoms with van der Waals surface area (Å²) in [5, 5.41) is 6.52.